The molecule has 7 heteroatoms. The molecule has 2 rings (SSSR count). The van der Waals surface area contributed by atoms with Crippen molar-refractivity contribution in [3.8, 4) is 0 Å². The summed E-state index contributed by atoms with van der Waals surface area (Å²) in [6.45, 7) is 4.92. The van der Waals surface area contributed by atoms with Gasteiger partial charge in [0.2, 0.25) is 0 Å². The van der Waals surface area contributed by atoms with Gasteiger partial charge in [-0.2, -0.15) is 0 Å². The number of nitrogens with zero attached hydrogens (tertiary/aromatic N) is 1. The average Bonchev–Trinajstić information content (AvgIpc) is 2.61. The van der Waals surface area contributed by atoms with E-state index in [-0.39, 0.29) is 35.7 Å². The Labute approximate surface area is 108 Å². The summed E-state index contributed by atoms with van der Waals surface area (Å²) in [5, 5.41) is 2.81. The van der Waals surface area contributed by atoms with Crippen LogP contribution in [0.15, 0.2) is 0 Å². The molecule has 2 saturated heterocycles. The van der Waals surface area contributed by atoms with Crippen molar-refractivity contribution in [2.75, 3.05) is 24.7 Å². The molecule has 2 aliphatic rings. The predicted octanol–water partition coefficient (Wildman–Crippen LogP) is -0.00770. The lowest BCUT2D eigenvalue weighted by Crippen LogP contribution is -2.55. The Hall–Kier alpha value is -0.820. The van der Waals surface area contributed by atoms with Gasteiger partial charge in [0, 0.05) is 12.6 Å². The summed E-state index contributed by atoms with van der Waals surface area (Å²) >= 11 is 0. The largest absolute Gasteiger partial charge is 0.375 e. The number of nitrogens with one attached hydrogen (secondary N) is 1. The summed E-state index contributed by atoms with van der Waals surface area (Å²) in [5.41, 5.74) is 0. The molecule has 2 heterocycles. The first-order valence-corrected chi connectivity index (χ1v) is 8.08. The summed E-state index contributed by atoms with van der Waals surface area (Å²) in [7, 11) is -2.95. The van der Waals surface area contributed by atoms with E-state index in [0.29, 0.717) is 19.6 Å². The monoisotopic (exact) mass is 276 g/mol. The molecule has 0 radical (unpaired) electrons. The summed E-state index contributed by atoms with van der Waals surface area (Å²) < 4.78 is 28.1. The molecule has 3 atom stereocenters. The predicted molar refractivity (Wildman–Crippen MR) is 67.2 cm³/mol. The zero-order valence-electron chi connectivity index (χ0n) is 10.8. The second-order valence-electron chi connectivity index (χ2n) is 5.19. The number of amides is 2. The first-order valence-electron chi connectivity index (χ1n) is 6.26. The topological polar surface area (TPSA) is 75.7 Å². The zero-order valence-corrected chi connectivity index (χ0v) is 11.6. The van der Waals surface area contributed by atoms with Gasteiger partial charge < -0.3 is 15.0 Å². The van der Waals surface area contributed by atoms with E-state index >= 15 is 0 Å². The van der Waals surface area contributed by atoms with Crippen LogP contribution in [0, 0.1) is 0 Å². The van der Waals surface area contributed by atoms with Crippen LogP contribution in [0.4, 0.5) is 4.79 Å². The van der Waals surface area contributed by atoms with E-state index in [1.54, 1.807) is 4.90 Å². The Bertz CT molecular complexity index is 423. The highest BCUT2D eigenvalue weighted by Crippen LogP contribution is 2.14. The van der Waals surface area contributed by atoms with Crippen LogP contribution < -0.4 is 5.32 Å². The molecule has 0 aliphatic carbocycles. The van der Waals surface area contributed by atoms with Crippen LogP contribution in [0.3, 0.4) is 0 Å². The minimum absolute atomic E-state index is 0.0270. The van der Waals surface area contributed by atoms with E-state index in [9.17, 15) is 13.2 Å². The highest BCUT2D eigenvalue weighted by Gasteiger charge is 2.33. The third-order valence-electron chi connectivity index (χ3n) is 3.43. The van der Waals surface area contributed by atoms with Crippen LogP contribution in [0.2, 0.25) is 0 Å². The number of rotatable bonds is 1. The zero-order chi connectivity index (χ0) is 13.3. The first kappa shape index (κ1) is 13.6. The molecule has 2 fully saturated rings. The number of urea groups is 1. The van der Waals surface area contributed by atoms with Gasteiger partial charge in [-0.15, -0.1) is 0 Å². The van der Waals surface area contributed by atoms with Gasteiger partial charge in [0.1, 0.15) is 0 Å². The number of ether oxygens (including phenoxy) is 1. The summed E-state index contributed by atoms with van der Waals surface area (Å²) in [4.78, 5) is 13.8. The molecule has 2 aliphatic heterocycles. The lowest BCUT2D eigenvalue weighted by atomic mass is 10.2. The molecule has 0 unspecified atom stereocenters. The lowest BCUT2D eigenvalue weighted by molar-refractivity contribution is -0.0320. The smallest absolute Gasteiger partial charge is 0.318 e. The maximum atomic E-state index is 12.1. The van der Waals surface area contributed by atoms with Crippen molar-refractivity contribution in [1.82, 2.24) is 10.2 Å². The van der Waals surface area contributed by atoms with E-state index in [2.05, 4.69) is 5.32 Å². The fraction of sp³-hybridized carbons (Fsp3) is 0.909. The van der Waals surface area contributed by atoms with Crippen molar-refractivity contribution in [2.24, 2.45) is 0 Å². The standard InChI is InChI=1S/C11H20N2O4S/c1-8-6-17-9(2)5-13(8)11(14)12-10-3-4-18(15,16)7-10/h8-10H,3-7H2,1-2H3,(H,12,14)/t8-,9+,10-/m0/s1. The van der Waals surface area contributed by atoms with E-state index in [1.165, 1.54) is 0 Å². The third kappa shape index (κ3) is 3.14. The summed E-state index contributed by atoms with van der Waals surface area (Å²) in [5.74, 6) is 0.236. The Morgan fingerprint density at radius 2 is 2.11 bits per heavy atom. The van der Waals surface area contributed by atoms with Crippen molar-refractivity contribution in [1.29, 1.82) is 0 Å². The number of carbonyl (C=O) groups excluding carboxylic acids is 1. The second-order valence-corrected chi connectivity index (χ2v) is 7.42. The van der Waals surface area contributed by atoms with Crippen molar-refractivity contribution >= 4 is 15.9 Å². The van der Waals surface area contributed by atoms with Gasteiger partial charge >= 0.3 is 6.03 Å². The highest BCUT2D eigenvalue weighted by atomic mass is 32.2. The molecule has 6 nitrogen and oxygen atoms in total. The van der Waals surface area contributed by atoms with Crippen molar-refractivity contribution in [3.63, 3.8) is 0 Å². The Morgan fingerprint density at radius 3 is 2.72 bits per heavy atom. The van der Waals surface area contributed by atoms with Crippen molar-refractivity contribution in [3.05, 3.63) is 0 Å². The van der Waals surface area contributed by atoms with Crippen LogP contribution in [-0.2, 0) is 14.6 Å². The second kappa shape index (κ2) is 5.05. The molecular weight excluding hydrogens is 256 g/mol. The minimum Gasteiger partial charge on any atom is -0.375 e. The minimum atomic E-state index is -2.95. The lowest BCUT2D eigenvalue weighted by Gasteiger charge is -2.37. The molecule has 0 aromatic carbocycles. The number of hydrogen-bond donors (Lipinski definition) is 1. The van der Waals surface area contributed by atoms with Crippen molar-refractivity contribution < 1.29 is 17.9 Å². The first-order chi connectivity index (χ1) is 8.37. The number of morpholine rings is 1. The summed E-state index contributed by atoms with van der Waals surface area (Å²) in [6, 6.07) is -0.396. The third-order valence-corrected chi connectivity index (χ3v) is 5.20. The van der Waals surface area contributed by atoms with Crippen molar-refractivity contribution in [2.45, 2.75) is 38.5 Å². The Morgan fingerprint density at radius 1 is 1.39 bits per heavy atom. The maximum Gasteiger partial charge on any atom is 0.318 e. The molecule has 0 spiro atoms. The normalized spacial score (nSPS) is 35.4. The van der Waals surface area contributed by atoms with Gasteiger partial charge in [0.05, 0.1) is 30.3 Å². The molecule has 0 bridgehead atoms. The molecule has 2 amide bonds. The SMILES string of the molecule is C[C@@H]1CN(C(=O)N[C@H]2CCS(=O)(=O)C2)[C@@H](C)CO1. The van der Waals surface area contributed by atoms with Crippen LogP contribution in [0.1, 0.15) is 20.3 Å². The Balaban J connectivity index is 1.91. The van der Waals surface area contributed by atoms with Gasteiger partial charge in [-0.05, 0) is 20.3 Å². The van der Waals surface area contributed by atoms with E-state index < -0.39 is 9.84 Å². The Kier molecular flexibility index (Phi) is 3.82. The average molecular weight is 276 g/mol. The molecule has 0 saturated carbocycles. The molecule has 0 aromatic rings. The van der Waals surface area contributed by atoms with Gasteiger partial charge in [-0.1, -0.05) is 0 Å². The van der Waals surface area contributed by atoms with Crippen LogP contribution in [0.25, 0.3) is 0 Å². The van der Waals surface area contributed by atoms with Crippen LogP contribution >= 0.6 is 0 Å². The van der Waals surface area contributed by atoms with Crippen LogP contribution in [0.5, 0.6) is 0 Å². The quantitative estimate of drug-likeness (QED) is 0.731. The summed E-state index contributed by atoms with van der Waals surface area (Å²) in [6.07, 6.45) is 0.543. The van der Waals surface area contributed by atoms with Gasteiger partial charge in [0.15, 0.2) is 9.84 Å². The highest BCUT2D eigenvalue weighted by molar-refractivity contribution is 7.91. The van der Waals surface area contributed by atoms with Gasteiger partial charge in [-0.25, -0.2) is 13.2 Å². The molecule has 0 aromatic heterocycles. The fourth-order valence-electron chi connectivity index (χ4n) is 2.35. The fourth-order valence-corrected chi connectivity index (χ4v) is 4.03. The van der Waals surface area contributed by atoms with Crippen LogP contribution in [-0.4, -0.2) is 62.2 Å². The van der Waals surface area contributed by atoms with E-state index in [4.69, 9.17) is 4.74 Å². The number of sulfone groups is 1. The molecule has 104 valence electrons. The number of hydrogen-bond acceptors (Lipinski definition) is 4. The van der Waals surface area contributed by atoms with Gasteiger partial charge in [0.25, 0.3) is 0 Å². The molecule has 1 N–H and O–H groups in total. The van der Waals surface area contributed by atoms with E-state index in [1.807, 2.05) is 13.8 Å². The number of carbonyl (C=O) groups is 1. The molecular formula is C11H20N2O4S. The van der Waals surface area contributed by atoms with E-state index in [0.717, 1.165) is 0 Å². The maximum absolute atomic E-state index is 12.1. The van der Waals surface area contributed by atoms with Gasteiger partial charge in [-0.3, -0.25) is 0 Å². The molecule has 18 heavy (non-hydrogen) atoms.